The first-order chi connectivity index (χ1) is 10.7. The number of hydrogen-bond acceptors (Lipinski definition) is 4. The molecule has 0 amide bonds. The maximum Gasteiger partial charge on any atom is 0.150 e. The number of rotatable bonds is 8. The number of aliphatic hydroxyl groups is 2. The van der Waals surface area contributed by atoms with Crippen LogP contribution in [0.2, 0.25) is 0 Å². The lowest BCUT2D eigenvalue weighted by Crippen LogP contribution is -2.30. The van der Waals surface area contributed by atoms with Gasteiger partial charge in [-0.2, -0.15) is 0 Å². The number of benzene rings is 2. The third-order valence-electron chi connectivity index (χ3n) is 3.25. The zero-order valence-electron chi connectivity index (χ0n) is 12.3. The molecule has 4 nitrogen and oxygen atoms in total. The fraction of sp³-hybridized carbons (Fsp3) is 0.294. The molecule has 0 spiro atoms. The topological polar surface area (TPSA) is 52.9 Å². The molecule has 0 aromatic heterocycles. The first-order valence-electron chi connectivity index (χ1n) is 7.17. The molecule has 2 aromatic carbocycles. The van der Waals surface area contributed by atoms with Gasteiger partial charge in [0.05, 0.1) is 18.9 Å². The van der Waals surface area contributed by atoms with Gasteiger partial charge in [0.2, 0.25) is 0 Å². The van der Waals surface area contributed by atoms with Gasteiger partial charge in [0.1, 0.15) is 18.2 Å². The maximum absolute atomic E-state index is 14.2. The second-order valence-corrected chi connectivity index (χ2v) is 4.82. The van der Waals surface area contributed by atoms with E-state index >= 15 is 0 Å². The van der Waals surface area contributed by atoms with E-state index in [-0.39, 0.29) is 26.3 Å². The summed E-state index contributed by atoms with van der Waals surface area (Å²) in [5, 5.41) is 18.0. The summed E-state index contributed by atoms with van der Waals surface area (Å²) in [4.78, 5) is 1.59. The van der Waals surface area contributed by atoms with Gasteiger partial charge >= 0.3 is 0 Å². The van der Waals surface area contributed by atoms with E-state index in [1.807, 2.05) is 30.3 Å². The fourth-order valence-corrected chi connectivity index (χ4v) is 2.17. The van der Waals surface area contributed by atoms with E-state index in [0.29, 0.717) is 18.0 Å². The molecule has 0 aliphatic heterocycles. The zero-order chi connectivity index (χ0) is 15.8. The lowest BCUT2D eigenvalue weighted by atomic mass is 10.2. The van der Waals surface area contributed by atoms with Crippen molar-refractivity contribution in [3.8, 4) is 5.75 Å². The van der Waals surface area contributed by atoms with Crippen molar-refractivity contribution in [1.29, 1.82) is 0 Å². The SMILES string of the molecule is OCCN(CCO)c1ccc(OCc2ccccc2)cc1F. The van der Waals surface area contributed by atoms with Crippen molar-refractivity contribution in [2.45, 2.75) is 6.61 Å². The van der Waals surface area contributed by atoms with Crippen molar-refractivity contribution >= 4 is 5.69 Å². The van der Waals surface area contributed by atoms with Crippen LogP contribution in [-0.4, -0.2) is 36.5 Å². The minimum Gasteiger partial charge on any atom is -0.489 e. The average Bonchev–Trinajstić information content (AvgIpc) is 2.54. The van der Waals surface area contributed by atoms with Gasteiger partial charge in [0.25, 0.3) is 0 Å². The summed E-state index contributed by atoms with van der Waals surface area (Å²) in [7, 11) is 0. The van der Waals surface area contributed by atoms with Crippen LogP contribution in [0.1, 0.15) is 5.56 Å². The summed E-state index contributed by atoms with van der Waals surface area (Å²) in [6.45, 7) is 0.692. The predicted molar refractivity (Wildman–Crippen MR) is 83.6 cm³/mol. The van der Waals surface area contributed by atoms with E-state index in [1.165, 1.54) is 6.07 Å². The van der Waals surface area contributed by atoms with E-state index in [0.717, 1.165) is 5.56 Å². The third kappa shape index (κ3) is 4.44. The molecule has 22 heavy (non-hydrogen) atoms. The highest BCUT2D eigenvalue weighted by Crippen LogP contribution is 2.24. The van der Waals surface area contributed by atoms with Crippen molar-refractivity contribution in [3.63, 3.8) is 0 Å². The molecular weight excluding hydrogens is 285 g/mol. The summed E-state index contributed by atoms with van der Waals surface area (Å²) in [6.07, 6.45) is 0. The van der Waals surface area contributed by atoms with Crippen LogP contribution >= 0.6 is 0 Å². The predicted octanol–water partition coefficient (Wildman–Crippen LogP) is 2.20. The van der Waals surface area contributed by atoms with Crippen LogP contribution in [0, 0.1) is 5.82 Å². The van der Waals surface area contributed by atoms with Crippen LogP contribution in [0.3, 0.4) is 0 Å². The molecular formula is C17H20FNO3. The highest BCUT2D eigenvalue weighted by molar-refractivity contribution is 5.50. The summed E-state index contributed by atoms with van der Waals surface area (Å²) >= 11 is 0. The lowest BCUT2D eigenvalue weighted by molar-refractivity contribution is 0.280. The smallest absolute Gasteiger partial charge is 0.150 e. The molecule has 2 rings (SSSR count). The lowest BCUT2D eigenvalue weighted by Gasteiger charge is -2.23. The first kappa shape index (κ1) is 16.3. The van der Waals surface area contributed by atoms with Gasteiger partial charge in [-0.15, -0.1) is 0 Å². The summed E-state index contributed by atoms with van der Waals surface area (Å²) in [6, 6.07) is 14.2. The maximum atomic E-state index is 14.2. The Labute approximate surface area is 129 Å². The Morgan fingerprint density at radius 3 is 2.23 bits per heavy atom. The van der Waals surface area contributed by atoms with Gasteiger partial charge in [0.15, 0.2) is 0 Å². The monoisotopic (exact) mass is 305 g/mol. The first-order valence-corrected chi connectivity index (χ1v) is 7.17. The third-order valence-corrected chi connectivity index (χ3v) is 3.25. The van der Waals surface area contributed by atoms with E-state index < -0.39 is 5.82 Å². The number of halogens is 1. The van der Waals surface area contributed by atoms with Crippen LogP contribution < -0.4 is 9.64 Å². The Kier molecular flexibility index (Phi) is 6.18. The van der Waals surface area contributed by atoms with Crippen LogP contribution in [0.4, 0.5) is 10.1 Å². The van der Waals surface area contributed by atoms with Gasteiger partial charge in [0, 0.05) is 19.2 Å². The Hall–Kier alpha value is -2.11. The van der Waals surface area contributed by atoms with Crippen molar-refractivity contribution in [3.05, 3.63) is 59.9 Å². The van der Waals surface area contributed by atoms with Crippen LogP contribution in [0.5, 0.6) is 5.75 Å². The Bertz CT molecular complexity index is 571. The highest BCUT2D eigenvalue weighted by Gasteiger charge is 2.12. The van der Waals surface area contributed by atoms with Crippen LogP contribution in [0.15, 0.2) is 48.5 Å². The minimum absolute atomic E-state index is 0.105. The Morgan fingerprint density at radius 2 is 1.64 bits per heavy atom. The van der Waals surface area contributed by atoms with E-state index in [9.17, 15) is 4.39 Å². The number of hydrogen-bond donors (Lipinski definition) is 2. The van der Waals surface area contributed by atoms with E-state index in [2.05, 4.69) is 0 Å². The normalized spacial score (nSPS) is 10.5. The quantitative estimate of drug-likeness (QED) is 0.785. The summed E-state index contributed by atoms with van der Waals surface area (Å²) in [5.74, 6) is 0.00510. The molecule has 118 valence electrons. The standard InChI is InChI=1S/C17H20FNO3/c18-16-12-15(22-13-14-4-2-1-3-5-14)6-7-17(16)19(8-10-20)9-11-21/h1-7,12,20-21H,8-11,13H2. The van der Waals surface area contributed by atoms with Crippen LogP contribution in [0.25, 0.3) is 0 Å². The average molecular weight is 305 g/mol. The van der Waals surface area contributed by atoms with E-state index in [4.69, 9.17) is 14.9 Å². The van der Waals surface area contributed by atoms with Crippen molar-refractivity contribution < 1.29 is 19.3 Å². The molecule has 0 aliphatic carbocycles. The molecule has 0 aliphatic rings. The minimum atomic E-state index is -0.438. The molecule has 2 N–H and O–H groups in total. The van der Waals surface area contributed by atoms with Gasteiger partial charge in [-0.1, -0.05) is 30.3 Å². The molecule has 0 fully saturated rings. The van der Waals surface area contributed by atoms with Crippen LogP contribution in [-0.2, 0) is 6.61 Å². The molecule has 0 saturated heterocycles. The van der Waals surface area contributed by atoms with Gasteiger partial charge < -0.3 is 19.8 Å². The molecule has 0 bridgehead atoms. The molecule has 0 atom stereocenters. The number of aliphatic hydroxyl groups excluding tert-OH is 2. The zero-order valence-corrected chi connectivity index (χ0v) is 12.3. The largest absolute Gasteiger partial charge is 0.489 e. The van der Waals surface area contributed by atoms with Gasteiger partial charge in [-0.3, -0.25) is 0 Å². The summed E-state index contributed by atoms with van der Waals surface area (Å²) in [5.41, 5.74) is 1.35. The Morgan fingerprint density at radius 1 is 0.955 bits per heavy atom. The number of anilines is 1. The summed E-state index contributed by atoms with van der Waals surface area (Å²) < 4.78 is 19.8. The second kappa shape index (κ2) is 8.36. The van der Waals surface area contributed by atoms with Gasteiger partial charge in [-0.25, -0.2) is 4.39 Å². The fourth-order valence-electron chi connectivity index (χ4n) is 2.17. The second-order valence-electron chi connectivity index (χ2n) is 4.82. The molecule has 5 heteroatoms. The number of nitrogens with zero attached hydrogens (tertiary/aromatic N) is 1. The van der Waals surface area contributed by atoms with Crippen molar-refractivity contribution in [2.75, 3.05) is 31.2 Å². The molecule has 0 heterocycles. The van der Waals surface area contributed by atoms with Crippen molar-refractivity contribution in [2.24, 2.45) is 0 Å². The van der Waals surface area contributed by atoms with E-state index in [1.54, 1.807) is 17.0 Å². The van der Waals surface area contributed by atoms with Crippen molar-refractivity contribution in [1.82, 2.24) is 0 Å². The van der Waals surface area contributed by atoms with Gasteiger partial charge in [-0.05, 0) is 17.7 Å². The Balaban J connectivity index is 2.05. The molecule has 2 aromatic rings. The number of ether oxygens (including phenoxy) is 1. The molecule has 0 radical (unpaired) electrons. The molecule has 0 saturated carbocycles. The highest BCUT2D eigenvalue weighted by atomic mass is 19.1. The molecule has 0 unspecified atom stereocenters.